The minimum Gasteiger partial charge on any atom is -0.0622 e. The first-order chi connectivity index (χ1) is 25.8. The Balaban J connectivity index is 1.24. The van der Waals surface area contributed by atoms with Gasteiger partial charge in [0.25, 0.3) is 0 Å². The summed E-state index contributed by atoms with van der Waals surface area (Å²) in [7, 11) is 0. The van der Waals surface area contributed by atoms with Gasteiger partial charge < -0.3 is 0 Å². The maximum absolute atomic E-state index is 2.48. The van der Waals surface area contributed by atoms with Gasteiger partial charge in [-0.25, -0.2) is 0 Å². The molecule has 0 spiro atoms. The van der Waals surface area contributed by atoms with E-state index in [2.05, 4.69) is 182 Å². The zero-order chi connectivity index (χ0) is 33.9. The molecule has 2 aliphatic carbocycles. The van der Waals surface area contributed by atoms with Crippen molar-refractivity contribution in [2.45, 2.75) is 0 Å². The maximum Gasteiger partial charge on any atom is -0.000719 e. The molecule has 0 N–H and O–H groups in total. The third-order valence-corrected chi connectivity index (χ3v) is 11.7. The van der Waals surface area contributed by atoms with Gasteiger partial charge in [-0.15, -0.1) is 0 Å². The summed E-state index contributed by atoms with van der Waals surface area (Å²) in [5.74, 6) is 0. The maximum atomic E-state index is 2.48. The van der Waals surface area contributed by atoms with Crippen LogP contribution in [-0.2, 0) is 0 Å². The molecule has 0 saturated carbocycles. The highest BCUT2D eigenvalue weighted by atomic mass is 14.3. The summed E-state index contributed by atoms with van der Waals surface area (Å²) < 4.78 is 0. The molecule has 0 fully saturated rings. The molecule has 0 radical (unpaired) electrons. The Kier molecular flexibility index (Phi) is 5.59. The Morgan fingerprint density at radius 1 is 0.212 bits per heavy atom. The molecular formula is C52H30. The Hall–Kier alpha value is -6.76. The summed E-state index contributed by atoms with van der Waals surface area (Å²) >= 11 is 0. The lowest BCUT2D eigenvalue weighted by Gasteiger charge is -2.21. The Bertz CT molecular complexity index is 3120. The largest absolute Gasteiger partial charge is 0.0622 e. The molecule has 0 bridgehead atoms. The molecule has 0 aromatic heterocycles. The van der Waals surface area contributed by atoms with Crippen molar-refractivity contribution in [1.82, 2.24) is 0 Å². The molecule has 0 saturated heterocycles. The van der Waals surface area contributed by atoms with Crippen LogP contribution in [-0.4, -0.2) is 0 Å². The molecule has 10 aromatic rings. The Labute approximate surface area is 301 Å². The summed E-state index contributed by atoms with van der Waals surface area (Å²) in [6, 6.07) is 67.9. The van der Waals surface area contributed by atoms with Crippen LogP contribution in [0.2, 0.25) is 0 Å². The van der Waals surface area contributed by atoms with Crippen molar-refractivity contribution < 1.29 is 0 Å². The lowest BCUT2D eigenvalue weighted by atomic mass is 9.81. The van der Waals surface area contributed by atoms with Crippen molar-refractivity contribution >= 4 is 43.1 Å². The predicted molar refractivity (Wildman–Crippen MR) is 222 cm³/mol. The van der Waals surface area contributed by atoms with Gasteiger partial charge in [-0.3, -0.25) is 0 Å². The fourth-order valence-corrected chi connectivity index (χ4v) is 9.63. The molecule has 0 unspecified atom stereocenters. The number of hydrogen-bond donors (Lipinski definition) is 0. The number of rotatable bonds is 3. The molecule has 2 aliphatic rings. The van der Waals surface area contributed by atoms with E-state index in [0.29, 0.717) is 0 Å². The van der Waals surface area contributed by atoms with Crippen LogP contribution in [0, 0.1) is 0 Å². The van der Waals surface area contributed by atoms with Gasteiger partial charge in [0.15, 0.2) is 0 Å². The lowest BCUT2D eigenvalue weighted by Crippen LogP contribution is -1.94. The van der Waals surface area contributed by atoms with Crippen LogP contribution in [0.1, 0.15) is 0 Å². The predicted octanol–water partition coefficient (Wildman–Crippen LogP) is 14.6. The van der Waals surface area contributed by atoms with Gasteiger partial charge in [-0.1, -0.05) is 170 Å². The van der Waals surface area contributed by atoms with Gasteiger partial charge in [0, 0.05) is 0 Å². The van der Waals surface area contributed by atoms with E-state index in [1.54, 1.807) is 0 Å². The van der Waals surface area contributed by atoms with E-state index in [1.807, 2.05) is 0 Å². The second-order valence-corrected chi connectivity index (χ2v) is 14.3. The van der Waals surface area contributed by atoms with E-state index < -0.39 is 0 Å². The molecule has 238 valence electrons. The zero-order valence-corrected chi connectivity index (χ0v) is 28.3. The minimum atomic E-state index is 1.24. The standard InChI is InChI=1S/C52H30/c1-3-13-31(14-4-1)47-43-26-25-34(36-27-28-42-38-20-10-9-19-37(38)41-23-11-21-40(36)49(41)42)29-45(43)48(32-15-5-2-6-16-32)51-44-24-12-22-39-35-18-8-7-17-33(35)30-46(50(39)44)52(47)51/h1-30H. The summed E-state index contributed by atoms with van der Waals surface area (Å²) in [5.41, 5.74) is 18.2. The van der Waals surface area contributed by atoms with E-state index in [-0.39, 0.29) is 0 Å². The second kappa shape index (κ2) is 10.4. The molecular weight excluding hydrogens is 625 g/mol. The lowest BCUT2D eigenvalue weighted by molar-refractivity contribution is 1.62. The second-order valence-electron chi connectivity index (χ2n) is 14.3. The highest BCUT2D eigenvalue weighted by Gasteiger charge is 2.31. The number of fused-ring (bicyclic) bond motifs is 9. The van der Waals surface area contributed by atoms with Gasteiger partial charge in [-0.2, -0.15) is 0 Å². The normalized spacial score (nSPS) is 12.2. The molecule has 0 atom stereocenters. The van der Waals surface area contributed by atoms with Gasteiger partial charge >= 0.3 is 0 Å². The van der Waals surface area contributed by atoms with Crippen molar-refractivity contribution in [2.24, 2.45) is 0 Å². The van der Waals surface area contributed by atoms with Crippen molar-refractivity contribution in [3.05, 3.63) is 182 Å². The third-order valence-electron chi connectivity index (χ3n) is 11.7. The first-order valence-electron chi connectivity index (χ1n) is 18.2. The van der Waals surface area contributed by atoms with Crippen LogP contribution in [0.15, 0.2) is 182 Å². The highest BCUT2D eigenvalue weighted by molar-refractivity contribution is 6.31. The Morgan fingerprint density at radius 2 is 0.750 bits per heavy atom. The van der Waals surface area contributed by atoms with Crippen molar-refractivity contribution in [3.8, 4) is 77.9 Å². The molecule has 52 heavy (non-hydrogen) atoms. The van der Waals surface area contributed by atoms with E-state index in [4.69, 9.17) is 0 Å². The van der Waals surface area contributed by atoms with Crippen molar-refractivity contribution in [2.75, 3.05) is 0 Å². The smallest absolute Gasteiger partial charge is 0.000719 e. The average Bonchev–Trinajstić information content (AvgIpc) is 3.72. The van der Waals surface area contributed by atoms with E-state index >= 15 is 0 Å². The van der Waals surface area contributed by atoms with Crippen molar-refractivity contribution in [3.63, 3.8) is 0 Å². The Morgan fingerprint density at radius 3 is 1.52 bits per heavy atom. The molecule has 0 heteroatoms. The van der Waals surface area contributed by atoms with E-state index in [9.17, 15) is 0 Å². The monoisotopic (exact) mass is 654 g/mol. The van der Waals surface area contributed by atoms with Crippen LogP contribution >= 0.6 is 0 Å². The fourth-order valence-electron chi connectivity index (χ4n) is 9.63. The number of benzene rings is 10. The first-order valence-corrected chi connectivity index (χ1v) is 18.2. The van der Waals surface area contributed by atoms with Gasteiger partial charge in [0.2, 0.25) is 0 Å². The van der Waals surface area contributed by atoms with Gasteiger partial charge in [-0.05, 0) is 133 Å². The first kappa shape index (κ1) is 28.0. The quantitative estimate of drug-likeness (QED) is 0.166. The number of hydrogen-bond acceptors (Lipinski definition) is 0. The highest BCUT2D eigenvalue weighted by Crippen LogP contribution is 2.59. The van der Waals surface area contributed by atoms with Crippen molar-refractivity contribution in [1.29, 1.82) is 0 Å². The van der Waals surface area contributed by atoms with E-state index in [0.717, 1.165) is 0 Å². The summed E-state index contributed by atoms with van der Waals surface area (Å²) in [6.45, 7) is 0. The van der Waals surface area contributed by atoms with Gasteiger partial charge in [0.1, 0.15) is 0 Å². The van der Waals surface area contributed by atoms with Crippen LogP contribution < -0.4 is 0 Å². The fraction of sp³-hybridized carbons (Fsp3) is 0. The summed E-state index contributed by atoms with van der Waals surface area (Å²) in [5, 5.41) is 10.5. The SMILES string of the molecule is c1ccc(-c2c3c(c(-c4ccccc4)c4cc(-c5ccc6c7c(cccc57)-c5ccccc5-6)ccc24)-c2cccc4c2c-3cc2ccccc24)cc1. The molecule has 0 amide bonds. The molecule has 0 aliphatic heterocycles. The summed E-state index contributed by atoms with van der Waals surface area (Å²) in [6.07, 6.45) is 0. The van der Waals surface area contributed by atoms with E-state index in [1.165, 1.54) is 121 Å². The van der Waals surface area contributed by atoms with Gasteiger partial charge in [0.05, 0.1) is 0 Å². The molecule has 0 nitrogen and oxygen atoms in total. The zero-order valence-electron chi connectivity index (χ0n) is 28.3. The van der Waals surface area contributed by atoms with Crippen LogP contribution in [0.4, 0.5) is 0 Å². The average molecular weight is 655 g/mol. The minimum absolute atomic E-state index is 1.24. The van der Waals surface area contributed by atoms with Crippen LogP contribution in [0.25, 0.3) is 121 Å². The topological polar surface area (TPSA) is 0 Å². The molecule has 0 heterocycles. The third kappa shape index (κ3) is 3.66. The molecule has 12 rings (SSSR count). The molecule has 10 aromatic carbocycles. The van der Waals surface area contributed by atoms with Crippen LogP contribution in [0.5, 0.6) is 0 Å². The van der Waals surface area contributed by atoms with Crippen LogP contribution in [0.3, 0.4) is 0 Å². The summed E-state index contributed by atoms with van der Waals surface area (Å²) in [4.78, 5) is 0.